The van der Waals surface area contributed by atoms with Crippen LogP contribution in [0.25, 0.3) is 0 Å². The molecule has 10 atom stereocenters. The van der Waals surface area contributed by atoms with E-state index in [2.05, 4.69) is 34.7 Å². The number of aliphatic hydroxyl groups is 1. The van der Waals surface area contributed by atoms with E-state index in [1.807, 2.05) is 62.9 Å². The van der Waals surface area contributed by atoms with Crippen LogP contribution in [0.4, 0.5) is 0 Å². The molecule has 4 amide bonds. The van der Waals surface area contributed by atoms with Gasteiger partial charge < -0.3 is 40.3 Å². The van der Waals surface area contributed by atoms with Gasteiger partial charge in [-0.1, -0.05) is 85.2 Å². The number of benzene rings is 1. The summed E-state index contributed by atoms with van der Waals surface area (Å²) < 4.78 is 12.0. The minimum Gasteiger partial charge on any atom is -0.386 e. The van der Waals surface area contributed by atoms with Gasteiger partial charge in [0.1, 0.15) is 6.04 Å². The fraction of sp³-hybridized carbons (Fsp3) is 0.767. The van der Waals surface area contributed by atoms with E-state index in [-0.39, 0.29) is 65.8 Å². The van der Waals surface area contributed by atoms with Gasteiger partial charge in [0.05, 0.1) is 48.8 Å². The van der Waals surface area contributed by atoms with Crippen molar-refractivity contribution in [3.63, 3.8) is 0 Å². The number of nitrogens with zero attached hydrogens (tertiary/aromatic N) is 3. The van der Waals surface area contributed by atoms with E-state index >= 15 is 0 Å². The number of piperazine rings is 1. The predicted octanol–water partition coefficient (Wildman–Crippen LogP) is 3.46. The molecule has 3 rings (SSSR count). The van der Waals surface area contributed by atoms with Gasteiger partial charge in [0.15, 0.2) is 0 Å². The minimum absolute atomic E-state index is 0.0795. The van der Waals surface area contributed by atoms with Crippen molar-refractivity contribution in [2.45, 2.75) is 124 Å². The van der Waals surface area contributed by atoms with Crippen molar-refractivity contribution in [1.82, 2.24) is 30.7 Å². The fourth-order valence-corrected chi connectivity index (χ4v) is 8.57. The van der Waals surface area contributed by atoms with Crippen molar-refractivity contribution in [2.75, 3.05) is 60.5 Å². The summed E-state index contributed by atoms with van der Waals surface area (Å²) in [5.74, 6) is -1.27. The summed E-state index contributed by atoms with van der Waals surface area (Å²) in [7, 11) is 4.96. The van der Waals surface area contributed by atoms with Crippen LogP contribution in [0.15, 0.2) is 30.3 Å². The topological polar surface area (TPSA) is 153 Å². The number of aliphatic hydroxyl groups excluding tert-OH is 1. The molecule has 2 aliphatic rings. The van der Waals surface area contributed by atoms with E-state index in [1.165, 1.54) is 0 Å². The zero-order valence-electron chi connectivity index (χ0n) is 36.1. The number of carbonyl (C=O) groups is 4. The predicted molar refractivity (Wildman–Crippen MR) is 220 cm³/mol. The van der Waals surface area contributed by atoms with Gasteiger partial charge in [-0.3, -0.25) is 24.1 Å². The highest BCUT2D eigenvalue weighted by Gasteiger charge is 2.42. The molecule has 13 nitrogen and oxygen atoms in total. The van der Waals surface area contributed by atoms with Crippen LogP contribution in [-0.2, 0) is 28.7 Å². The van der Waals surface area contributed by atoms with Crippen molar-refractivity contribution >= 4 is 23.6 Å². The van der Waals surface area contributed by atoms with Gasteiger partial charge in [0.2, 0.25) is 23.6 Å². The first-order valence-corrected chi connectivity index (χ1v) is 21.0. The number of amides is 4. The summed E-state index contributed by atoms with van der Waals surface area (Å²) in [5, 5.41) is 20.3. The average molecular weight is 787 g/mol. The number of hydrogen-bond donors (Lipinski definition) is 4. The minimum atomic E-state index is -0.869. The van der Waals surface area contributed by atoms with Gasteiger partial charge in [-0.05, 0) is 43.1 Å². The number of nitrogens with one attached hydrogen (secondary N) is 3. The lowest BCUT2D eigenvalue weighted by Crippen LogP contribution is -2.60. The van der Waals surface area contributed by atoms with Crippen molar-refractivity contribution in [2.24, 2.45) is 29.6 Å². The Morgan fingerprint density at radius 3 is 2.11 bits per heavy atom. The second-order valence-electron chi connectivity index (χ2n) is 16.9. The molecule has 13 heteroatoms. The molecule has 318 valence electrons. The molecule has 0 radical (unpaired) electrons. The Balaban J connectivity index is 1.71. The van der Waals surface area contributed by atoms with Crippen molar-refractivity contribution in [1.29, 1.82) is 0 Å². The van der Waals surface area contributed by atoms with Crippen LogP contribution in [0, 0.1) is 29.6 Å². The smallest absolute Gasteiger partial charge is 0.245 e. The molecule has 2 aliphatic heterocycles. The number of methoxy groups -OCH3 is 2. The van der Waals surface area contributed by atoms with Gasteiger partial charge in [0, 0.05) is 66.5 Å². The molecule has 4 N–H and O–H groups in total. The Kier molecular flexibility index (Phi) is 19.2. The van der Waals surface area contributed by atoms with Crippen molar-refractivity contribution < 1.29 is 33.8 Å². The van der Waals surface area contributed by atoms with E-state index in [0.717, 1.165) is 44.6 Å². The number of carbonyl (C=O) groups excluding carboxylic acids is 4. The number of rotatable bonds is 21. The Morgan fingerprint density at radius 2 is 1.55 bits per heavy atom. The van der Waals surface area contributed by atoms with E-state index in [1.54, 1.807) is 40.0 Å². The molecule has 0 aromatic heterocycles. The number of likely N-dealkylation sites (tertiary alicyclic amines) is 1. The van der Waals surface area contributed by atoms with Crippen LogP contribution in [-0.4, -0.2) is 140 Å². The lowest BCUT2D eigenvalue weighted by Gasteiger charge is -2.39. The van der Waals surface area contributed by atoms with Gasteiger partial charge in [-0.2, -0.15) is 0 Å². The summed E-state index contributed by atoms with van der Waals surface area (Å²) in [5.41, 5.74) is 0.718. The maximum Gasteiger partial charge on any atom is 0.245 e. The largest absolute Gasteiger partial charge is 0.386 e. The molecule has 1 unspecified atom stereocenters. The lowest BCUT2D eigenvalue weighted by atomic mass is 9.84. The van der Waals surface area contributed by atoms with Crippen LogP contribution in [0.2, 0.25) is 0 Å². The van der Waals surface area contributed by atoms with E-state index in [0.29, 0.717) is 19.5 Å². The number of likely N-dealkylation sites (N-methyl/N-ethyl adjacent to an activating group) is 1. The van der Waals surface area contributed by atoms with Crippen LogP contribution in [0.1, 0.15) is 92.7 Å². The van der Waals surface area contributed by atoms with Crippen LogP contribution >= 0.6 is 0 Å². The van der Waals surface area contributed by atoms with Gasteiger partial charge in [-0.15, -0.1) is 0 Å². The third-order valence-electron chi connectivity index (χ3n) is 12.2. The maximum atomic E-state index is 14.2. The van der Waals surface area contributed by atoms with Gasteiger partial charge in [0.25, 0.3) is 0 Å². The molecule has 2 fully saturated rings. The zero-order chi connectivity index (χ0) is 41.7. The fourth-order valence-electron chi connectivity index (χ4n) is 8.57. The molecule has 1 aromatic carbocycles. The van der Waals surface area contributed by atoms with Crippen LogP contribution in [0.3, 0.4) is 0 Å². The Bertz CT molecular complexity index is 1380. The number of hydrogen-bond acceptors (Lipinski definition) is 9. The highest BCUT2D eigenvalue weighted by molar-refractivity contribution is 5.90. The van der Waals surface area contributed by atoms with E-state index in [4.69, 9.17) is 9.47 Å². The summed E-state index contributed by atoms with van der Waals surface area (Å²) in [6, 6.07) is 7.36. The summed E-state index contributed by atoms with van der Waals surface area (Å²) >= 11 is 0. The molecular formula is C43H74N6O7. The average Bonchev–Trinajstić information content (AvgIpc) is 3.67. The Labute approximate surface area is 337 Å². The first-order valence-electron chi connectivity index (χ1n) is 21.0. The third kappa shape index (κ3) is 12.4. The van der Waals surface area contributed by atoms with Gasteiger partial charge in [-0.25, -0.2) is 0 Å². The molecule has 2 heterocycles. The van der Waals surface area contributed by atoms with Crippen LogP contribution in [0.5, 0.6) is 0 Å². The monoisotopic (exact) mass is 787 g/mol. The molecule has 0 bridgehead atoms. The second kappa shape index (κ2) is 22.7. The quantitative estimate of drug-likeness (QED) is 0.147. The maximum absolute atomic E-state index is 14.2. The molecule has 1 aromatic rings. The summed E-state index contributed by atoms with van der Waals surface area (Å²) in [6.45, 7) is 19.9. The molecule has 0 aliphatic carbocycles. The number of ether oxygens (including phenoxy) is 2. The Hall–Kier alpha value is -3.10. The first-order chi connectivity index (χ1) is 26.6. The van der Waals surface area contributed by atoms with E-state index in [9.17, 15) is 24.3 Å². The normalized spacial score (nSPS) is 21.4. The van der Waals surface area contributed by atoms with Crippen LogP contribution < -0.4 is 16.0 Å². The highest BCUT2D eigenvalue weighted by atomic mass is 16.5. The third-order valence-corrected chi connectivity index (χ3v) is 12.2. The van der Waals surface area contributed by atoms with Crippen molar-refractivity contribution in [3.05, 3.63) is 35.9 Å². The molecule has 56 heavy (non-hydrogen) atoms. The summed E-state index contributed by atoms with van der Waals surface area (Å²) in [4.78, 5) is 61.3. The second-order valence-corrected chi connectivity index (χ2v) is 16.9. The SMILES string of the molecule is CC[C@H](C)[C@H](CN(C)C(=O)[C@@H](NC(=O)[C@H](C(C)C)N1CCNCC1)C(C)C)C(CC(=O)N1CCC[C@H]1[C@H](OC)[C@@H](C)C(=O)N[C@H](C)[C@@H](O)c1ccccc1)OC. The van der Waals surface area contributed by atoms with E-state index < -0.39 is 36.3 Å². The van der Waals surface area contributed by atoms with Crippen molar-refractivity contribution in [3.8, 4) is 0 Å². The van der Waals surface area contributed by atoms with Gasteiger partial charge >= 0.3 is 0 Å². The lowest BCUT2D eigenvalue weighted by molar-refractivity contribution is -0.144. The molecular weight excluding hydrogens is 713 g/mol. The Morgan fingerprint density at radius 1 is 0.911 bits per heavy atom. The molecule has 0 spiro atoms. The molecule has 0 saturated carbocycles. The first kappa shape index (κ1) is 47.3. The zero-order valence-corrected chi connectivity index (χ0v) is 36.1. The molecule has 2 saturated heterocycles. The summed E-state index contributed by atoms with van der Waals surface area (Å²) in [6.07, 6.45) is 0.532. The highest BCUT2D eigenvalue weighted by Crippen LogP contribution is 2.31. The standard InChI is InChI=1S/C43H74N6O7/c1-12-29(6)33(26-47(9)43(54)37(27(2)3)46-42(53)38(28(4)5)48-23-20-44-21-24-48)35(55-10)25-36(50)49-22-16-19-34(49)40(56-11)30(7)41(52)45-31(8)39(51)32-17-14-13-15-18-32/h13-15,17-18,27-31,33-35,37-40,44,51H,12,16,19-26H2,1-11H3,(H,45,52)(H,46,53)/t29-,30+,31+,33-,34-,35?,37-,38-,39+,40+/m0/s1.